The molecule has 0 aliphatic heterocycles. The molecule has 0 bridgehead atoms. The standard InChI is InChI=1S/C18H23N5O/c1-12-15(13(2)22(4)21-12)11-18(24)19-9-10-23-14(3)20-16-7-5-6-8-17(16)23/h5-8H,9-11H2,1-4H3,(H,19,24). The molecule has 0 saturated carbocycles. The minimum absolute atomic E-state index is 0.0243. The van der Waals surface area contributed by atoms with Gasteiger partial charge >= 0.3 is 0 Å². The summed E-state index contributed by atoms with van der Waals surface area (Å²) in [6.07, 6.45) is 0.370. The zero-order chi connectivity index (χ0) is 17.3. The van der Waals surface area contributed by atoms with E-state index >= 15 is 0 Å². The van der Waals surface area contributed by atoms with E-state index in [1.165, 1.54) is 0 Å². The Hall–Kier alpha value is -2.63. The summed E-state index contributed by atoms with van der Waals surface area (Å²) < 4.78 is 3.95. The smallest absolute Gasteiger partial charge is 0.224 e. The highest BCUT2D eigenvalue weighted by Crippen LogP contribution is 2.15. The van der Waals surface area contributed by atoms with Crippen molar-refractivity contribution in [3.8, 4) is 0 Å². The molecular weight excluding hydrogens is 302 g/mol. The van der Waals surface area contributed by atoms with Crippen molar-refractivity contribution >= 4 is 16.9 Å². The Bertz CT molecular complexity index is 890. The number of hydrogen-bond donors (Lipinski definition) is 1. The molecule has 0 unspecified atom stereocenters. The van der Waals surface area contributed by atoms with Gasteiger partial charge in [-0.05, 0) is 32.9 Å². The molecule has 3 aromatic rings. The molecular formula is C18H23N5O. The minimum Gasteiger partial charge on any atom is -0.354 e. The molecule has 0 spiro atoms. The van der Waals surface area contributed by atoms with Crippen LogP contribution in [0.25, 0.3) is 11.0 Å². The van der Waals surface area contributed by atoms with Crippen molar-refractivity contribution in [2.24, 2.45) is 7.05 Å². The fourth-order valence-electron chi connectivity index (χ4n) is 3.08. The van der Waals surface area contributed by atoms with Crippen molar-refractivity contribution in [3.63, 3.8) is 0 Å². The highest BCUT2D eigenvalue weighted by atomic mass is 16.1. The Morgan fingerprint density at radius 2 is 1.96 bits per heavy atom. The fourth-order valence-corrected chi connectivity index (χ4v) is 3.08. The first-order valence-electron chi connectivity index (χ1n) is 8.15. The number of aromatic nitrogens is 4. The number of carbonyl (C=O) groups excluding carboxylic acids is 1. The third-order valence-electron chi connectivity index (χ3n) is 4.50. The molecule has 2 aromatic heterocycles. The summed E-state index contributed by atoms with van der Waals surface area (Å²) in [6.45, 7) is 7.21. The highest BCUT2D eigenvalue weighted by molar-refractivity contribution is 5.79. The summed E-state index contributed by atoms with van der Waals surface area (Å²) in [5.41, 5.74) is 5.06. The van der Waals surface area contributed by atoms with Crippen LogP contribution in [0.4, 0.5) is 0 Å². The number of nitrogens with one attached hydrogen (secondary N) is 1. The monoisotopic (exact) mass is 325 g/mol. The molecule has 0 radical (unpaired) electrons. The van der Waals surface area contributed by atoms with Crippen LogP contribution in [0.3, 0.4) is 0 Å². The van der Waals surface area contributed by atoms with Gasteiger partial charge in [0.1, 0.15) is 5.82 Å². The number of aryl methyl sites for hydroxylation is 3. The van der Waals surface area contributed by atoms with Gasteiger partial charge in [0.25, 0.3) is 0 Å². The van der Waals surface area contributed by atoms with Crippen LogP contribution in [0.5, 0.6) is 0 Å². The van der Waals surface area contributed by atoms with E-state index in [-0.39, 0.29) is 5.91 Å². The van der Waals surface area contributed by atoms with Crippen LogP contribution >= 0.6 is 0 Å². The molecule has 0 fully saturated rings. The molecule has 1 amide bonds. The topological polar surface area (TPSA) is 64.7 Å². The number of rotatable bonds is 5. The van der Waals surface area contributed by atoms with Gasteiger partial charge in [-0.15, -0.1) is 0 Å². The van der Waals surface area contributed by atoms with Crippen LogP contribution in [-0.4, -0.2) is 31.8 Å². The molecule has 24 heavy (non-hydrogen) atoms. The van der Waals surface area contributed by atoms with Gasteiger partial charge in [0.2, 0.25) is 5.91 Å². The maximum Gasteiger partial charge on any atom is 0.224 e. The molecule has 126 valence electrons. The van der Waals surface area contributed by atoms with Crippen LogP contribution in [0, 0.1) is 20.8 Å². The zero-order valence-electron chi connectivity index (χ0n) is 14.6. The molecule has 0 saturated heterocycles. The average molecular weight is 325 g/mol. The number of benzene rings is 1. The number of hydrogen-bond acceptors (Lipinski definition) is 3. The molecule has 6 nitrogen and oxygen atoms in total. The van der Waals surface area contributed by atoms with Crippen molar-refractivity contribution < 1.29 is 4.79 Å². The number of amides is 1. The predicted octanol–water partition coefficient (Wildman–Crippen LogP) is 2.05. The van der Waals surface area contributed by atoms with Gasteiger partial charge in [-0.1, -0.05) is 12.1 Å². The van der Waals surface area contributed by atoms with Crippen LogP contribution in [0.15, 0.2) is 24.3 Å². The molecule has 3 rings (SSSR count). The second-order valence-corrected chi connectivity index (χ2v) is 6.10. The summed E-state index contributed by atoms with van der Waals surface area (Å²) in [5, 5.41) is 7.36. The maximum atomic E-state index is 12.2. The summed E-state index contributed by atoms with van der Waals surface area (Å²) in [5.74, 6) is 0.987. The molecule has 0 atom stereocenters. The largest absolute Gasteiger partial charge is 0.354 e. The van der Waals surface area contributed by atoms with Gasteiger partial charge in [-0.2, -0.15) is 5.10 Å². The van der Waals surface area contributed by atoms with E-state index in [4.69, 9.17) is 0 Å². The van der Waals surface area contributed by atoms with Crippen LogP contribution < -0.4 is 5.32 Å². The van der Waals surface area contributed by atoms with Gasteiger partial charge in [0.05, 0.1) is 23.1 Å². The van der Waals surface area contributed by atoms with E-state index in [2.05, 4.69) is 26.0 Å². The van der Waals surface area contributed by atoms with Crippen LogP contribution in [0.1, 0.15) is 22.8 Å². The van der Waals surface area contributed by atoms with E-state index in [0.717, 1.165) is 33.8 Å². The third kappa shape index (κ3) is 3.04. The van der Waals surface area contributed by atoms with Crippen molar-refractivity contribution in [3.05, 3.63) is 47.0 Å². The second kappa shape index (κ2) is 6.47. The van der Waals surface area contributed by atoms with E-state index in [9.17, 15) is 4.79 Å². The lowest BCUT2D eigenvalue weighted by Gasteiger charge is -2.09. The Morgan fingerprint density at radius 1 is 1.21 bits per heavy atom. The fraction of sp³-hybridized carbons (Fsp3) is 0.389. The van der Waals surface area contributed by atoms with Crippen molar-refractivity contribution in [1.29, 1.82) is 0 Å². The zero-order valence-corrected chi connectivity index (χ0v) is 14.6. The number of nitrogens with zero attached hydrogens (tertiary/aromatic N) is 4. The van der Waals surface area contributed by atoms with E-state index in [1.54, 1.807) is 0 Å². The first-order valence-corrected chi connectivity index (χ1v) is 8.15. The van der Waals surface area contributed by atoms with E-state index in [1.807, 2.05) is 50.7 Å². The summed E-state index contributed by atoms with van der Waals surface area (Å²) in [4.78, 5) is 16.8. The average Bonchev–Trinajstić information content (AvgIpc) is 2.98. The van der Waals surface area contributed by atoms with Gasteiger partial charge in [0.15, 0.2) is 0 Å². The summed E-state index contributed by atoms with van der Waals surface area (Å²) >= 11 is 0. The molecule has 1 N–H and O–H groups in total. The Balaban J connectivity index is 1.61. The normalized spacial score (nSPS) is 11.2. The Kier molecular flexibility index (Phi) is 4.38. The lowest BCUT2D eigenvalue weighted by atomic mass is 10.1. The van der Waals surface area contributed by atoms with Crippen molar-refractivity contribution in [2.75, 3.05) is 6.54 Å². The van der Waals surface area contributed by atoms with Gasteiger partial charge < -0.3 is 9.88 Å². The first kappa shape index (κ1) is 16.2. The minimum atomic E-state index is 0.0243. The van der Waals surface area contributed by atoms with Crippen LogP contribution in [0.2, 0.25) is 0 Å². The van der Waals surface area contributed by atoms with E-state index < -0.39 is 0 Å². The van der Waals surface area contributed by atoms with E-state index in [0.29, 0.717) is 19.5 Å². The van der Waals surface area contributed by atoms with Crippen molar-refractivity contribution in [2.45, 2.75) is 33.7 Å². The molecule has 1 aromatic carbocycles. The van der Waals surface area contributed by atoms with Crippen LogP contribution in [-0.2, 0) is 24.8 Å². The van der Waals surface area contributed by atoms with Crippen molar-refractivity contribution in [1.82, 2.24) is 24.6 Å². The molecule has 6 heteroatoms. The van der Waals surface area contributed by atoms with Gasteiger partial charge in [-0.3, -0.25) is 9.48 Å². The first-order chi connectivity index (χ1) is 11.5. The van der Waals surface area contributed by atoms with Gasteiger partial charge in [0, 0.05) is 31.4 Å². The summed E-state index contributed by atoms with van der Waals surface area (Å²) in [6, 6.07) is 8.05. The predicted molar refractivity (Wildman–Crippen MR) is 93.9 cm³/mol. The second-order valence-electron chi connectivity index (χ2n) is 6.10. The Labute approximate surface area is 141 Å². The molecule has 0 aliphatic rings. The molecule has 0 aliphatic carbocycles. The summed E-state index contributed by atoms with van der Waals surface area (Å²) in [7, 11) is 1.90. The SMILES string of the molecule is Cc1nn(C)c(C)c1CC(=O)NCCn1c(C)nc2ccccc21. The third-order valence-corrected chi connectivity index (χ3v) is 4.50. The number of carbonyl (C=O) groups is 1. The quantitative estimate of drug-likeness (QED) is 0.781. The highest BCUT2D eigenvalue weighted by Gasteiger charge is 2.13. The lowest BCUT2D eigenvalue weighted by Crippen LogP contribution is -2.29. The molecule has 2 heterocycles. The number of imidazole rings is 1. The van der Waals surface area contributed by atoms with Gasteiger partial charge in [-0.25, -0.2) is 4.98 Å². The lowest BCUT2D eigenvalue weighted by molar-refractivity contribution is -0.120. The Morgan fingerprint density at radius 3 is 2.67 bits per heavy atom. The number of para-hydroxylation sites is 2. The number of fused-ring (bicyclic) bond motifs is 1. The maximum absolute atomic E-state index is 12.2.